The lowest BCUT2D eigenvalue weighted by Crippen LogP contribution is -1.86. The molecule has 0 aliphatic carbocycles. The number of rotatable bonds is 2. The van der Waals surface area contributed by atoms with Crippen molar-refractivity contribution < 1.29 is 4.39 Å². The molecule has 0 aliphatic rings. The Morgan fingerprint density at radius 2 is 1.83 bits per heavy atom. The Balaban J connectivity index is 0.000000561. The Labute approximate surface area is 73.4 Å². The van der Waals surface area contributed by atoms with Crippen molar-refractivity contribution >= 4 is 0 Å². The van der Waals surface area contributed by atoms with Gasteiger partial charge in [-0.2, -0.15) is 0 Å². The molecule has 0 aliphatic heterocycles. The predicted octanol–water partition coefficient (Wildman–Crippen LogP) is 3.03. The molecule has 0 N–H and O–H groups in total. The van der Waals surface area contributed by atoms with Crippen LogP contribution >= 0.6 is 0 Å². The van der Waals surface area contributed by atoms with E-state index < -0.39 is 0 Å². The van der Waals surface area contributed by atoms with Gasteiger partial charge in [0.1, 0.15) is 5.82 Å². The first kappa shape index (κ1) is 10.7. The maximum Gasteiger partial charge on any atom is 0.126 e. The minimum atomic E-state index is -0.0793. The Morgan fingerprint density at radius 3 is 2.33 bits per heavy atom. The van der Waals surface area contributed by atoms with Gasteiger partial charge >= 0.3 is 0 Å². The largest absolute Gasteiger partial charge is 0.207 e. The zero-order valence-electron chi connectivity index (χ0n) is 7.26. The summed E-state index contributed by atoms with van der Waals surface area (Å²) >= 11 is 0. The zero-order chi connectivity index (χ0) is 9.40. The average molecular weight is 164 g/mol. The number of hydrogen-bond donors (Lipinski definition) is 0. The maximum atomic E-state index is 12.8. The Morgan fingerprint density at radius 1 is 1.25 bits per heavy atom. The molecule has 64 valence electrons. The average Bonchev–Trinajstić information content (AvgIpc) is 2.13. The second-order valence-electron chi connectivity index (χ2n) is 2.34. The number of halogens is 1. The third-order valence-corrected chi connectivity index (χ3v) is 1.48. The minimum Gasteiger partial charge on any atom is -0.207 e. The quantitative estimate of drug-likeness (QED) is 0.589. The van der Waals surface area contributed by atoms with Gasteiger partial charge in [0.05, 0.1) is 0 Å². The molecule has 1 aromatic rings. The summed E-state index contributed by atoms with van der Waals surface area (Å²) in [5, 5.41) is 0. The topological polar surface area (TPSA) is 0 Å². The van der Waals surface area contributed by atoms with Crippen molar-refractivity contribution in [2.45, 2.75) is 19.8 Å². The molecule has 0 nitrogen and oxygen atoms in total. The summed E-state index contributed by atoms with van der Waals surface area (Å²) in [6, 6.07) is 6.92. The fourth-order valence-corrected chi connectivity index (χ4v) is 0.970. The van der Waals surface area contributed by atoms with Crippen molar-refractivity contribution in [3.05, 3.63) is 35.6 Å². The smallest absolute Gasteiger partial charge is 0.126 e. The van der Waals surface area contributed by atoms with Crippen LogP contribution < -0.4 is 0 Å². The molecule has 0 spiro atoms. The minimum absolute atomic E-state index is 0.0793. The number of benzene rings is 1. The second kappa shape index (κ2) is 6.42. The summed E-state index contributed by atoms with van der Waals surface area (Å²) in [6.45, 7) is 2.05. The molecule has 0 unspecified atom stereocenters. The van der Waals surface area contributed by atoms with E-state index in [0.717, 1.165) is 18.4 Å². The van der Waals surface area contributed by atoms with Crippen molar-refractivity contribution in [1.29, 1.82) is 0 Å². The van der Waals surface area contributed by atoms with Crippen LogP contribution in [0.1, 0.15) is 18.9 Å². The van der Waals surface area contributed by atoms with Crippen LogP contribution in [0.2, 0.25) is 0 Å². The third kappa shape index (κ3) is 3.21. The highest BCUT2D eigenvalue weighted by atomic mass is 19.1. The highest BCUT2D eigenvalue weighted by molar-refractivity contribution is 5.16. The summed E-state index contributed by atoms with van der Waals surface area (Å²) < 4.78 is 12.8. The van der Waals surface area contributed by atoms with E-state index >= 15 is 0 Å². The standard InChI is InChI=1S/C9H11F.C2H2/c1-2-5-8-6-3-4-7-9(8)10;1-2/h3-4,6-7H,2,5H2,1H3;1-2H. The van der Waals surface area contributed by atoms with Crippen LogP contribution in [0.5, 0.6) is 0 Å². The molecule has 0 radical (unpaired) electrons. The highest BCUT2D eigenvalue weighted by Gasteiger charge is 1.96. The molecule has 0 bridgehead atoms. The van der Waals surface area contributed by atoms with E-state index in [0.29, 0.717) is 0 Å². The van der Waals surface area contributed by atoms with Gasteiger partial charge in [0.25, 0.3) is 0 Å². The van der Waals surface area contributed by atoms with E-state index in [2.05, 4.69) is 12.8 Å². The van der Waals surface area contributed by atoms with Crippen molar-refractivity contribution in [3.8, 4) is 12.8 Å². The molecule has 0 atom stereocenters. The van der Waals surface area contributed by atoms with Crippen molar-refractivity contribution in [1.82, 2.24) is 0 Å². The van der Waals surface area contributed by atoms with Crippen LogP contribution in [0, 0.1) is 18.7 Å². The lowest BCUT2D eigenvalue weighted by atomic mass is 10.1. The van der Waals surface area contributed by atoms with E-state index in [1.54, 1.807) is 6.07 Å². The maximum absolute atomic E-state index is 12.8. The molecule has 12 heavy (non-hydrogen) atoms. The molecule has 0 saturated carbocycles. The summed E-state index contributed by atoms with van der Waals surface area (Å²) in [6.07, 6.45) is 9.84. The van der Waals surface area contributed by atoms with Crippen LogP contribution in [0.25, 0.3) is 0 Å². The monoisotopic (exact) mass is 164 g/mol. The highest BCUT2D eigenvalue weighted by Crippen LogP contribution is 2.07. The molecule has 1 aromatic carbocycles. The van der Waals surface area contributed by atoms with Crippen LogP contribution in [0.4, 0.5) is 4.39 Å². The fraction of sp³-hybridized carbons (Fsp3) is 0.273. The molecule has 0 aromatic heterocycles. The first-order chi connectivity index (χ1) is 5.84. The number of hydrogen-bond acceptors (Lipinski definition) is 0. The number of aryl methyl sites for hydroxylation is 1. The molecule has 0 amide bonds. The Hall–Kier alpha value is -1.29. The van der Waals surface area contributed by atoms with Gasteiger partial charge in [0.2, 0.25) is 0 Å². The molecule has 0 heterocycles. The van der Waals surface area contributed by atoms with Gasteiger partial charge in [-0.05, 0) is 18.1 Å². The third-order valence-electron chi connectivity index (χ3n) is 1.48. The summed E-state index contributed by atoms with van der Waals surface area (Å²) in [4.78, 5) is 0. The fourth-order valence-electron chi connectivity index (χ4n) is 0.970. The Kier molecular flexibility index (Phi) is 5.73. The summed E-state index contributed by atoms with van der Waals surface area (Å²) in [5.74, 6) is -0.0793. The van der Waals surface area contributed by atoms with Crippen molar-refractivity contribution in [2.24, 2.45) is 0 Å². The van der Waals surface area contributed by atoms with Crippen LogP contribution in [-0.2, 0) is 6.42 Å². The summed E-state index contributed by atoms with van der Waals surface area (Å²) in [5.41, 5.74) is 0.824. The van der Waals surface area contributed by atoms with Gasteiger partial charge in [0.15, 0.2) is 0 Å². The van der Waals surface area contributed by atoms with Gasteiger partial charge in [-0.15, -0.1) is 12.8 Å². The number of terminal acetylenes is 1. The lowest BCUT2D eigenvalue weighted by Gasteiger charge is -1.97. The normalized spacial score (nSPS) is 8.33. The summed E-state index contributed by atoms with van der Waals surface area (Å²) in [7, 11) is 0. The zero-order valence-corrected chi connectivity index (χ0v) is 7.26. The first-order valence-electron chi connectivity index (χ1n) is 3.91. The lowest BCUT2D eigenvalue weighted by molar-refractivity contribution is 0.607. The van der Waals surface area contributed by atoms with Gasteiger partial charge in [-0.25, -0.2) is 4.39 Å². The molecule has 1 heteroatoms. The molecular weight excluding hydrogens is 151 g/mol. The Bertz CT molecular complexity index is 238. The molecule has 1 rings (SSSR count). The molecular formula is C11H13F. The van der Waals surface area contributed by atoms with E-state index in [-0.39, 0.29) is 5.82 Å². The predicted molar refractivity (Wildman–Crippen MR) is 50.3 cm³/mol. The second-order valence-corrected chi connectivity index (χ2v) is 2.34. The molecule has 0 fully saturated rings. The van der Waals surface area contributed by atoms with Crippen LogP contribution in [0.15, 0.2) is 24.3 Å². The first-order valence-corrected chi connectivity index (χ1v) is 3.91. The van der Waals surface area contributed by atoms with E-state index in [4.69, 9.17) is 0 Å². The van der Waals surface area contributed by atoms with E-state index in [1.807, 2.05) is 19.1 Å². The molecule has 0 saturated heterocycles. The van der Waals surface area contributed by atoms with Gasteiger partial charge in [-0.1, -0.05) is 31.5 Å². The van der Waals surface area contributed by atoms with Gasteiger partial charge < -0.3 is 0 Å². The van der Waals surface area contributed by atoms with Crippen molar-refractivity contribution in [3.63, 3.8) is 0 Å². The van der Waals surface area contributed by atoms with E-state index in [1.165, 1.54) is 6.07 Å². The SMILES string of the molecule is C#C.CCCc1ccccc1F. The van der Waals surface area contributed by atoms with Crippen LogP contribution in [0.3, 0.4) is 0 Å². The van der Waals surface area contributed by atoms with Gasteiger partial charge in [-0.3, -0.25) is 0 Å². The van der Waals surface area contributed by atoms with Crippen molar-refractivity contribution in [2.75, 3.05) is 0 Å². The van der Waals surface area contributed by atoms with E-state index in [9.17, 15) is 4.39 Å². The van der Waals surface area contributed by atoms with Crippen LogP contribution in [-0.4, -0.2) is 0 Å². The van der Waals surface area contributed by atoms with Gasteiger partial charge in [0, 0.05) is 0 Å².